The van der Waals surface area contributed by atoms with E-state index in [0.717, 1.165) is 37.6 Å². The van der Waals surface area contributed by atoms with Gasteiger partial charge in [0.2, 0.25) is 0 Å². The average Bonchev–Trinajstić information content (AvgIpc) is 2.53. The molecule has 1 unspecified atom stereocenters. The lowest BCUT2D eigenvalue weighted by Gasteiger charge is -2.13. The molecule has 1 N–H and O–H groups in total. The van der Waals surface area contributed by atoms with E-state index in [0.29, 0.717) is 0 Å². The van der Waals surface area contributed by atoms with Crippen LogP contribution in [-0.4, -0.2) is 47.1 Å². The Balaban J connectivity index is 0.00000169. The molecule has 0 radical (unpaired) electrons. The number of halogens is 1. The minimum atomic E-state index is -0.634. The van der Waals surface area contributed by atoms with Gasteiger partial charge in [0.05, 0.1) is 5.92 Å². The molecule has 0 saturated carbocycles. The summed E-state index contributed by atoms with van der Waals surface area (Å²) in [5, 5.41) is 8.77. The molecule has 1 saturated heterocycles. The molecule has 0 spiro atoms. The zero-order valence-corrected chi connectivity index (χ0v) is 10.1. The minimum absolute atomic E-state index is 0. The SMILES string of the molecule is CCSCCN1CCC(C(=O)O)C1.Cl. The van der Waals surface area contributed by atoms with E-state index >= 15 is 0 Å². The lowest BCUT2D eigenvalue weighted by Crippen LogP contribution is -2.25. The molecule has 3 nitrogen and oxygen atoms in total. The number of thioether (sulfide) groups is 1. The van der Waals surface area contributed by atoms with Crippen LogP contribution in [0.1, 0.15) is 13.3 Å². The van der Waals surface area contributed by atoms with Gasteiger partial charge in [0, 0.05) is 18.8 Å². The van der Waals surface area contributed by atoms with Crippen LogP contribution in [0.4, 0.5) is 0 Å². The number of hydrogen-bond acceptors (Lipinski definition) is 3. The van der Waals surface area contributed by atoms with E-state index in [1.54, 1.807) is 0 Å². The van der Waals surface area contributed by atoms with Crippen LogP contribution in [0.15, 0.2) is 0 Å². The van der Waals surface area contributed by atoms with Crippen molar-refractivity contribution < 1.29 is 9.90 Å². The van der Waals surface area contributed by atoms with Crippen molar-refractivity contribution in [3.05, 3.63) is 0 Å². The third-order valence-corrected chi connectivity index (χ3v) is 3.26. The first-order valence-corrected chi connectivity index (χ1v) is 5.92. The number of carbonyl (C=O) groups is 1. The lowest BCUT2D eigenvalue weighted by molar-refractivity contribution is -0.141. The van der Waals surface area contributed by atoms with E-state index < -0.39 is 5.97 Å². The van der Waals surface area contributed by atoms with Gasteiger partial charge < -0.3 is 10.0 Å². The van der Waals surface area contributed by atoms with Gasteiger partial charge in [-0.3, -0.25) is 4.79 Å². The van der Waals surface area contributed by atoms with E-state index in [1.165, 1.54) is 0 Å². The molecule has 1 aliphatic rings. The standard InChI is InChI=1S/C9H17NO2S.ClH/c1-2-13-6-5-10-4-3-8(7-10)9(11)12;/h8H,2-7H2,1H3,(H,11,12);1H. The number of nitrogens with zero attached hydrogens (tertiary/aromatic N) is 1. The molecule has 1 aliphatic heterocycles. The van der Waals surface area contributed by atoms with Crippen LogP contribution in [0.3, 0.4) is 0 Å². The molecular formula is C9H18ClNO2S. The summed E-state index contributed by atoms with van der Waals surface area (Å²) >= 11 is 1.92. The van der Waals surface area contributed by atoms with Crippen LogP contribution >= 0.6 is 24.2 Å². The average molecular weight is 240 g/mol. The number of carboxylic acid groups (broad SMARTS) is 1. The molecule has 0 amide bonds. The molecule has 1 rings (SSSR count). The summed E-state index contributed by atoms with van der Waals surface area (Å²) in [5.74, 6) is 1.52. The van der Waals surface area contributed by atoms with Crippen molar-refractivity contribution in [1.82, 2.24) is 4.90 Å². The summed E-state index contributed by atoms with van der Waals surface area (Å²) in [6.45, 7) is 4.90. The van der Waals surface area contributed by atoms with Crippen molar-refractivity contribution in [2.24, 2.45) is 5.92 Å². The second-order valence-corrected chi connectivity index (χ2v) is 4.72. The lowest BCUT2D eigenvalue weighted by atomic mass is 10.1. The number of carboxylic acids is 1. The van der Waals surface area contributed by atoms with E-state index in [-0.39, 0.29) is 18.3 Å². The van der Waals surface area contributed by atoms with Crippen LogP contribution in [0.5, 0.6) is 0 Å². The molecule has 0 aromatic rings. The smallest absolute Gasteiger partial charge is 0.307 e. The van der Waals surface area contributed by atoms with Gasteiger partial charge in [0.25, 0.3) is 0 Å². The molecule has 5 heteroatoms. The molecule has 1 atom stereocenters. The predicted molar refractivity (Wildman–Crippen MR) is 62.4 cm³/mol. The molecule has 84 valence electrons. The fourth-order valence-corrected chi connectivity index (χ4v) is 2.25. The Morgan fingerprint density at radius 3 is 2.86 bits per heavy atom. The first-order valence-electron chi connectivity index (χ1n) is 4.77. The van der Waals surface area contributed by atoms with E-state index in [9.17, 15) is 4.79 Å². The third kappa shape index (κ3) is 4.53. The normalized spacial score (nSPS) is 21.9. The van der Waals surface area contributed by atoms with Gasteiger partial charge in [0.1, 0.15) is 0 Å². The van der Waals surface area contributed by atoms with Gasteiger partial charge in [-0.25, -0.2) is 0 Å². The number of rotatable bonds is 5. The minimum Gasteiger partial charge on any atom is -0.481 e. The maximum absolute atomic E-state index is 10.6. The van der Waals surface area contributed by atoms with Crippen molar-refractivity contribution in [3.63, 3.8) is 0 Å². The molecular weight excluding hydrogens is 222 g/mol. The summed E-state index contributed by atoms with van der Waals surface area (Å²) < 4.78 is 0. The van der Waals surface area contributed by atoms with Crippen LogP contribution < -0.4 is 0 Å². The largest absolute Gasteiger partial charge is 0.481 e. The second-order valence-electron chi connectivity index (χ2n) is 3.32. The number of likely N-dealkylation sites (tertiary alicyclic amines) is 1. The Morgan fingerprint density at radius 2 is 2.36 bits per heavy atom. The molecule has 0 bridgehead atoms. The summed E-state index contributed by atoms with van der Waals surface area (Å²) in [7, 11) is 0. The van der Waals surface area contributed by atoms with Gasteiger partial charge in [-0.2, -0.15) is 11.8 Å². The quantitative estimate of drug-likeness (QED) is 0.740. The highest BCUT2D eigenvalue weighted by Gasteiger charge is 2.27. The zero-order chi connectivity index (χ0) is 9.68. The van der Waals surface area contributed by atoms with Crippen LogP contribution in [-0.2, 0) is 4.79 Å². The molecule has 1 heterocycles. The van der Waals surface area contributed by atoms with Crippen LogP contribution in [0.25, 0.3) is 0 Å². The fourth-order valence-electron chi connectivity index (χ4n) is 1.58. The molecule has 1 fully saturated rings. The Hall–Kier alpha value is 0.0700. The van der Waals surface area contributed by atoms with Crippen molar-refractivity contribution in [2.75, 3.05) is 31.1 Å². The van der Waals surface area contributed by atoms with Gasteiger partial charge in [0.15, 0.2) is 0 Å². The van der Waals surface area contributed by atoms with Crippen molar-refractivity contribution in [1.29, 1.82) is 0 Å². The second kappa shape index (κ2) is 7.37. The van der Waals surface area contributed by atoms with Crippen molar-refractivity contribution >= 4 is 30.1 Å². The molecule has 14 heavy (non-hydrogen) atoms. The Kier molecular flexibility index (Phi) is 7.41. The Labute approximate surface area is 95.6 Å². The maximum Gasteiger partial charge on any atom is 0.307 e. The van der Waals surface area contributed by atoms with Gasteiger partial charge >= 0.3 is 5.97 Å². The van der Waals surface area contributed by atoms with Crippen LogP contribution in [0.2, 0.25) is 0 Å². The summed E-state index contributed by atoms with van der Waals surface area (Å²) in [4.78, 5) is 12.9. The van der Waals surface area contributed by atoms with E-state index in [2.05, 4.69) is 11.8 Å². The van der Waals surface area contributed by atoms with Crippen molar-refractivity contribution in [3.8, 4) is 0 Å². The maximum atomic E-state index is 10.6. The summed E-state index contributed by atoms with van der Waals surface area (Å²) in [6.07, 6.45) is 0.826. The van der Waals surface area contributed by atoms with Gasteiger partial charge in [-0.15, -0.1) is 12.4 Å². The predicted octanol–water partition coefficient (Wildman–Crippen LogP) is 1.57. The first kappa shape index (κ1) is 14.1. The van der Waals surface area contributed by atoms with Crippen LogP contribution in [0, 0.1) is 5.92 Å². The molecule has 0 aromatic heterocycles. The Morgan fingerprint density at radius 1 is 1.64 bits per heavy atom. The number of aliphatic carboxylic acids is 1. The third-order valence-electron chi connectivity index (χ3n) is 2.38. The number of hydrogen-bond donors (Lipinski definition) is 1. The highest BCUT2D eigenvalue weighted by Crippen LogP contribution is 2.16. The van der Waals surface area contributed by atoms with E-state index in [4.69, 9.17) is 5.11 Å². The molecule has 0 aromatic carbocycles. The Bertz CT molecular complexity index is 180. The van der Waals surface area contributed by atoms with Gasteiger partial charge in [-0.05, 0) is 18.7 Å². The highest BCUT2D eigenvalue weighted by molar-refractivity contribution is 7.99. The van der Waals surface area contributed by atoms with Gasteiger partial charge in [-0.1, -0.05) is 6.92 Å². The monoisotopic (exact) mass is 239 g/mol. The van der Waals surface area contributed by atoms with E-state index in [1.807, 2.05) is 11.8 Å². The first-order chi connectivity index (χ1) is 6.24. The highest BCUT2D eigenvalue weighted by atomic mass is 35.5. The summed E-state index contributed by atoms with van der Waals surface area (Å²) in [6, 6.07) is 0. The fraction of sp³-hybridized carbons (Fsp3) is 0.889. The topological polar surface area (TPSA) is 40.5 Å². The van der Waals surface area contributed by atoms with Crippen molar-refractivity contribution in [2.45, 2.75) is 13.3 Å². The molecule has 0 aliphatic carbocycles. The summed E-state index contributed by atoms with van der Waals surface area (Å²) in [5.41, 5.74) is 0. The zero-order valence-electron chi connectivity index (χ0n) is 8.44.